The van der Waals surface area contributed by atoms with Crippen molar-refractivity contribution in [2.24, 2.45) is 0 Å². The summed E-state index contributed by atoms with van der Waals surface area (Å²) in [5, 5.41) is -0.337. The number of alkyl halides is 4. The van der Waals surface area contributed by atoms with Gasteiger partial charge in [-0.3, -0.25) is 4.79 Å². The molecular formula is C14H16F4OS. The molecule has 1 aromatic rings. The van der Waals surface area contributed by atoms with Crippen molar-refractivity contribution in [1.82, 2.24) is 0 Å². The van der Waals surface area contributed by atoms with Crippen LogP contribution in [0.1, 0.15) is 30.1 Å². The highest BCUT2D eigenvalue weighted by atomic mass is 32.2. The number of hydrogen-bond donors (Lipinski definition) is 0. The maximum Gasteiger partial charge on any atom is 0.279 e. The first-order chi connectivity index (χ1) is 9.33. The van der Waals surface area contributed by atoms with Gasteiger partial charge in [0, 0.05) is 24.2 Å². The zero-order valence-electron chi connectivity index (χ0n) is 11.0. The number of rotatable bonds is 7. The third-order valence-electron chi connectivity index (χ3n) is 2.67. The quantitative estimate of drug-likeness (QED) is 0.681. The molecule has 0 aliphatic rings. The van der Waals surface area contributed by atoms with Gasteiger partial charge in [-0.1, -0.05) is 42.1 Å². The Hall–Kier alpha value is -1.04. The SMILES string of the molecule is CC(F)CC(F)C(F)(F)CCSC(=O)c1ccccc1. The van der Waals surface area contributed by atoms with Crippen LogP contribution in [0.25, 0.3) is 0 Å². The van der Waals surface area contributed by atoms with E-state index in [9.17, 15) is 22.4 Å². The summed E-state index contributed by atoms with van der Waals surface area (Å²) < 4.78 is 52.4. The maximum atomic E-state index is 13.4. The van der Waals surface area contributed by atoms with Crippen LogP contribution in [0.4, 0.5) is 17.6 Å². The molecule has 0 aromatic heterocycles. The van der Waals surface area contributed by atoms with Crippen molar-refractivity contribution in [3.05, 3.63) is 35.9 Å². The molecule has 0 fully saturated rings. The minimum atomic E-state index is -3.61. The number of benzene rings is 1. The topological polar surface area (TPSA) is 17.1 Å². The predicted molar refractivity (Wildman–Crippen MR) is 72.9 cm³/mol. The van der Waals surface area contributed by atoms with Gasteiger partial charge >= 0.3 is 0 Å². The summed E-state index contributed by atoms with van der Waals surface area (Å²) in [5.74, 6) is -3.81. The number of carbonyl (C=O) groups excluding carboxylic acids is 1. The van der Waals surface area contributed by atoms with Crippen LogP contribution in [0.2, 0.25) is 0 Å². The molecule has 0 saturated heterocycles. The van der Waals surface area contributed by atoms with Crippen LogP contribution in [0.15, 0.2) is 30.3 Å². The van der Waals surface area contributed by atoms with E-state index in [-0.39, 0.29) is 10.9 Å². The average molecular weight is 308 g/mol. The summed E-state index contributed by atoms with van der Waals surface area (Å²) in [6.45, 7) is 1.04. The fourth-order valence-electron chi connectivity index (χ4n) is 1.55. The Morgan fingerprint density at radius 3 is 2.40 bits per heavy atom. The van der Waals surface area contributed by atoms with Crippen LogP contribution in [-0.4, -0.2) is 29.1 Å². The zero-order chi connectivity index (χ0) is 15.2. The monoisotopic (exact) mass is 308 g/mol. The second-order valence-corrected chi connectivity index (χ2v) is 5.56. The summed E-state index contributed by atoms with van der Waals surface area (Å²) in [7, 11) is 0. The van der Waals surface area contributed by atoms with E-state index in [1.165, 1.54) is 0 Å². The summed E-state index contributed by atoms with van der Waals surface area (Å²) in [6, 6.07) is 8.24. The van der Waals surface area contributed by atoms with E-state index in [1.54, 1.807) is 30.3 Å². The van der Waals surface area contributed by atoms with E-state index in [0.717, 1.165) is 6.92 Å². The van der Waals surface area contributed by atoms with Crippen LogP contribution in [-0.2, 0) is 0 Å². The molecule has 2 atom stereocenters. The summed E-state index contributed by atoms with van der Waals surface area (Å²) in [5.41, 5.74) is 0.412. The molecule has 1 rings (SSSR count). The molecule has 0 saturated carbocycles. The lowest BCUT2D eigenvalue weighted by Crippen LogP contribution is -2.32. The largest absolute Gasteiger partial charge is 0.282 e. The normalized spacial score (nSPS) is 14.8. The molecule has 2 unspecified atom stereocenters. The van der Waals surface area contributed by atoms with Gasteiger partial charge in [0.1, 0.15) is 6.17 Å². The van der Waals surface area contributed by atoms with Crippen LogP contribution in [0, 0.1) is 0 Å². The molecule has 0 aliphatic carbocycles. The lowest BCUT2D eigenvalue weighted by molar-refractivity contribution is -0.0819. The maximum absolute atomic E-state index is 13.4. The van der Waals surface area contributed by atoms with Crippen molar-refractivity contribution in [2.45, 2.75) is 38.0 Å². The van der Waals surface area contributed by atoms with Gasteiger partial charge in [-0.05, 0) is 6.92 Å². The van der Waals surface area contributed by atoms with Gasteiger partial charge in [-0.25, -0.2) is 17.6 Å². The van der Waals surface area contributed by atoms with Crippen molar-refractivity contribution in [2.75, 3.05) is 5.75 Å². The molecule has 0 bridgehead atoms. The molecule has 0 N–H and O–H groups in total. The molecule has 0 amide bonds. The summed E-state index contributed by atoms with van der Waals surface area (Å²) in [6.07, 6.45) is -5.75. The molecule has 6 heteroatoms. The second kappa shape index (κ2) is 7.67. The molecule has 0 radical (unpaired) electrons. The molecule has 20 heavy (non-hydrogen) atoms. The van der Waals surface area contributed by atoms with Crippen LogP contribution in [0.3, 0.4) is 0 Å². The summed E-state index contributed by atoms with van der Waals surface area (Å²) >= 11 is 0.713. The number of carbonyl (C=O) groups is 1. The Kier molecular flexibility index (Phi) is 6.52. The summed E-state index contributed by atoms with van der Waals surface area (Å²) in [4.78, 5) is 11.6. The average Bonchev–Trinajstić information content (AvgIpc) is 2.38. The molecular weight excluding hydrogens is 292 g/mol. The van der Waals surface area contributed by atoms with E-state index in [4.69, 9.17) is 0 Å². The van der Waals surface area contributed by atoms with Crippen molar-refractivity contribution in [3.63, 3.8) is 0 Å². The lowest BCUT2D eigenvalue weighted by atomic mass is 10.1. The van der Waals surface area contributed by atoms with Crippen molar-refractivity contribution in [3.8, 4) is 0 Å². The minimum absolute atomic E-state index is 0.207. The van der Waals surface area contributed by atoms with Crippen molar-refractivity contribution >= 4 is 16.9 Å². The Morgan fingerprint density at radius 2 is 1.85 bits per heavy atom. The standard InChI is InChI=1S/C14H16F4OS/c1-10(15)9-12(16)14(17,18)7-8-20-13(19)11-5-3-2-4-6-11/h2-6,10,12H,7-9H2,1H3. The van der Waals surface area contributed by atoms with Gasteiger partial charge in [0.25, 0.3) is 5.92 Å². The van der Waals surface area contributed by atoms with Crippen LogP contribution >= 0.6 is 11.8 Å². The van der Waals surface area contributed by atoms with Crippen LogP contribution in [0.5, 0.6) is 0 Å². The van der Waals surface area contributed by atoms with Gasteiger partial charge < -0.3 is 0 Å². The van der Waals surface area contributed by atoms with Crippen molar-refractivity contribution < 1.29 is 22.4 Å². The predicted octanol–water partition coefficient (Wildman–Crippen LogP) is 4.67. The van der Waals surface area contributed by atoms with Gasteiger partial charge in [-0.2, -0.15) is 0 Å². The van der Waals surface area contributed by atoms with Crippen LogP contribution < -0.4 is 0 Å². The molecule has 112 valence electrons. The highest BCUT2D eigenvalue weighted by molar-refractivity contribution is 8.14. The fourth-order valence-corrected chi connectivity index (χ4v) is 2.41. The van der Waals surface area contributed by atoms with E-state index >= 15 is 0 Å². The third kappa shape index (κ3) is 5.53. The lowest BCUT2D eigenvalue weighted by Gasteiger charge is -2.20. The number of halogens is 4. The molecule has 1 aromatic carbocycles. The van der Waals surface area contributed by atoms with Gasteiger partial charge in [0.2, 0.25) is 5.12 Å². The Labute approximate surface area is 119 Å². The Morgan fingerprint density at radius 1 is 1.25 bits per heavy atom. The molecule has 0 heterocycles. The minimum Gasteiger partial charge on any atom is -0.282 e. The Bertz CT molecular complexity index is 422. The van der Waals surface area contributed by atoms with E-state index in [1.807, 2.05) is 0 Å². The first-order valence-electron chi connectivity index (χ1n) is 6.21. The number of thioether (sulfide) groups is 1. The second-order valence-electron chi connectivity index (χ2n) is 4.50. The fraction of sp³-hybridized carbons (Fsp3) is 0.500. The zero-order valence-corrected chi connectivity index (χ0v) is 11.8. The van der Waals surface area contributed by atoms with Crippen molar-refractivity contribution in [1.29, 1.82) is 0 Å². The van der Waals surface area contributed by atoms with Gasteiger partial charge in [0.05, 0.1) is 0 Å². The smallest absolute Gasteiger partial charge is 0.279 e. The van der Waals surface area contributed by atoms with E-state index < -0.39 is 31.1 Å². The van der Waals surface area contributed by atoms with E-state index in [2.05, 4.69) is 0 Å². The first kappa shape index (κ1) is 17.0. The molecule has 1 nitrogen and oxygen atoms in total. The van der Waals surface area contributed by atoms with Gasteiger partial charge in [0.15, 0.2) is 6.17 Å². The molecule has 0 spiro atoms. The Balaban J connectivity index is 2.41. The highest BCUT2D eigenvalue weighted by Crippen LogP contribution is 2.31. The molecule has 0 aliphatic heterocycles. The number of hydrogen-bond acceptors (Lipinski definition) is 2. The first-order valence-corrected chi connectivity index (χ1v) is 7.19. The van der Waals surface area contributed by atoms with E-state index in [0.29, 0.717) is 17.3 Å². The van der Waals surface area contributed by atoms with Gasteiger partial charge in [-0.15, -0.1) is 0 Å². The third-order valence-corrected chi connectivity index (χ3v) is 3.57. The highest BCUT2D eigenvalue weighted by Gasteiger charge is 2.40.